The Bertz CT molecular complexity index is 520. The first-order valence-corrected chi connectivity index (χ1v) is 7.03. The first-order chi connectivity index (χ1) is 8.15. The van der Waals surface area contributed by atoms with Gasteiger partial charge in [0.15, 0.2) is 0 Å². The molecule has 0 aliphatic rings. The highest BCUT2D eigenvalue weighted by molar-refractivity contribution is 7.98. The molecule has 0 aliphatic carbocycles. The average molecular weight is 285 g/mol. The Kier molecular flexibility index (Phi) is 4.10. The van der Waals surface area contributed by atoms with Crippen molar-refractivity contribution in [2.75, 3.05) is 0 Å². The summed E-state index contributed by atoms with van der Waals surface area (Å²) >= 11 is 9.07. The van der Waals surface area contributed by atoms with Gasteiger partial charge in [0.05, 0.1) is 9.90 Å². The summed E-state index contributed by atoms with van der Waals surface area (Å²) in [5, 5.41) is 8.77. The van der Waals surface area contributed by atoms with Crippen molar-refractivity contribution in [3.05, 3.63) is 51.2 Å². The lowest BCUT2D eigenvalue weighted by Crippen LogP contribution is -1.94. The number of carbonyl (C=O) groups is 1. The SMILES string of the molecule is O=C(O)c1ccc(SCc2ccc(Cl)s2)cc1. The number of carboxylic acid groups (broad SMARTS) is 1. The molecule has 17 heavy (non-hydrogen) atoms. The topological polar surface area (TPSA) is 37.3 Å². The van der Waals surface area contributed by atoms with Crippen molar-refractivity contribution in [3.63, 3.8) is 0 Å². The molecule has 0 amide bonds. The Morgan fingerprint density at radius 1 is 1.24 bits per heavy atom. The minimum Gasteiger partial charge on any atom is -0.478 e. The van der Waals surface area contributed by atoms with Gasteiger partial charge in [0.1, 0.15) is 0 Å². The zero-order valence-electron chi connectivity index (χ0n) is 8.72. The van der Waals surface area contributed by atoms with E-state index in [4.69, 9.17) is 16.7 Å². The molecule has 0 aliphatic heterocycles. The zero-order chi connectivity index (χ0) is 12.3. The molecule has 5 heteroatoms. The van der Waals surface area contributed by atoms with Gasteiger partial charge in [0.2, 0.25) is 0 Å². The van der Waals surface area contributed by atoms with Crippen LogP contribution in [0.3, 0.4) is 0 Å². The van der Waals surface area contributed by atoms with E-state index in [0.29, 0.717) is 5.56 Å². The van der Waals surface area contributed by atoms with Gasteiger partial charge >= 0.3 is 5.97 Å². The van der Waals surface area contributed by atoms with Crippen LogP contribution in [0.15, 0.2) is 41.3 Å². The van der Waals surface area contributed by atoms with Gasteiger partial charge in [-0.3, -0.25) is 0 Å². The Labute approximate surface area is 112 Å². The normalized spacial score (nSPS) is 10.4. The van der Waals surface area contributed by atoms with Crippen LogP contribution in [-0.2, 0) is 5.75 Å². The van der Waals surface area contributed by atoms with Crippen LogP contribution in [-0.4, -0.2) is 11.1 Å². The molecule has 1 heterocycles. The van der Waals surface area contributed by atoms with Crippen molar-refractivity contribution < 1.29 is 9.90 Å². The second-order valence-electron chi connectivity index (χ2n) is 3.32. The van der Waals surface area contributed by atoms with Crippen LogP contribution in [0.4, 0.5) is 0 Å². The van der Waals surface area contributed by atoms with Gasteiger partial charge in [0.25, 0.3) is 0 Å². The summed E-state index contributed by atoms with van der Waals surface area (Å²) < 4.78 is 0.793. The molecular formula is C12H9ClO2S2. The van der Waals surface area contributed by atoms with Crippen molar-refractivity contribution in [1.29, 1.82) is 0 Å². The third-order valence-electron chi connectivity index (χ3n) is 2.11. The van der Waals surface area contributed by atoms with E-state index in [2.05, 4.69) is 0 Å². The zero-order valence-corrected chi connectivity index (χ0v) is 11.1. The fraction of sp³-hybridized carbons (Fsp3) is 0.0833. The van der Waals surface area contributed by atoms with E-state index >= 15 is 0 Å². The second-order valence-corrected chi connectivity index (χ2v) is 6.17. The van der Waals surface area contributed by atoms with E-state index in [-0.39, 0.29) is 0 Å². The minimum atomic E-state index is -0.897. The van der Waals surface area contributed by atoms with E-state index in [1.165, 1.54) is 4.88 Å². The van der Waals surface area contributed by atoms with Crippen LogP contribution in [0.5, 0.6) is 0 Å². The van der Waals surface area contributed by atoms with Crippen molar-refractivity contribution >= 4 is 40.7 Å². The average Bonchev–Trinajstić information content (AvgIpc) is 2.73. The van der Waals surface area contributed by atoms with Crippen molar-refractivity contribution in [1.82, 2.24) is 0 Å². The van der Waals surface area contributed by atoms with Crippen LogP contribution >= 0.6 is 34.7 Å². The number of thiophene rings is 1. The van der Waals surface area contributed by atoms with E-state index in [1.807, 2.05) is 24.3 Å². The maximum atomic E-state index is 10.7. The largest absolute Gasteiger partial charge is 0.478 e. The third kappa shape index (κ3) is 3.49. The molecule has 88 valence electrons. The van der Waals surface area contributed by atoms with Gasteiger partial charge in [-0.1, -0.05) is 11.6 Å². The molecule has 1 aromatic heterocycles. The first kappa shape index (κ1) is 12.5. The fourth-order valence-electron chi connectivity index (χ4n) is 1.28. The summed E-state index contributed by atoms with van der Waals surface area (Å²) in [6.45, 7) is 0. The van der Waals surface area contributed by atoms with E-state index < -0.39 is 5.97 Å². The molecule has 2 rings (SSSR count). The molecule has 0 fully saturated rings. The van der Waals surface area contributed by atoms with Gasteiger partial charge in [-0.25, -0.2) is 4.79 Å². The summed E-state index contributed by atoms with van der Waals surface area (Å²) in [4.78, 5) is 12.9. The van der Waals surface area contributed by atoms with Crippen LogP contribution in [0.2, 0.25) is 4.34 Å². The molecular weight excluding hydrogens is 276 g/mol. The van der Waals surface area contributed by atoms with Crippen LogP contribution in [0.25, 0.3) is 0 Å². The predicted molar refractivity (Wildman–Crippen MR) is 72.3 cm³/mol. The molecule has 0 unspecified atom stereocenters. The quantitative estimate of drug-likeness (QED) is 0.846. The Balaban J connectivity index is 1.97. The van der Waals surface area contributed by atoms with Gasteiger partial charge in [0, 0.05) is 15.5 Å². The molecule has 0 saturated heterocycles. The first-order valence-electron chi connectivity index (χ1n) is 4.85. The highest BCUT2D eigenvalue weighted by Crippen LogP contribution is 2.29. The highest BCUT2D eigenvalue weighted by atomic mass is 35.5. The number of carboxylic acids is 1. The number of aromatic carboxylic acids is 1. The second kappa shape index (κ2) is 5.58. The Hall–Kier alpha value is -0.970. The lowest BCUT2D eigenvalue weighted by Gasteiger charge is -2.00. The van der Waals surface area contributed by atoms with Crippen LogP contribution in [0, 0.1) is 0 Å². The third-order valence-corrected chi connectivity index (χ3v) is 4.59. The summed E-state index contributed by atoms with van der Waals surface area (Å²) in [6.07, 6.45) is 0. The van der Waals surface area contributed by atoms with Crippen molar-refractivity contribution in [2.24, 2.45) is 0 Å². The number of hydrogen-bond donors (Lipinski definition) is 1. The summed E-state index contributed by atoms with van der Waals surface area (Å²) in [5.74, 6) is -0.0457. The summed E-state index contributed by atoms with van der Waals surface area (Å²) in [5.41, 5.74) is 0.313. The molecule has 2 aromatic rings. The molecule has 0 radical (unpaired) electrons. The summed E-state index contributed by atoms with van der Waals surface area (Å²) in [6, 6.07) is 10.8. The van der Waals surface area contributed by atoms with Gasteiger partial charge in [-0.05, 0) is 36.4 Å². The molecule has 1 aromatic carbocycles. The van der Waals surface area contributed by atoms with Crippen molar-refractivity contribution in [3.8, 4) is 0 Å². The number of rotatable bonds is 4. The van der Waals surface area contributed by atoms with Crippen LogP contribution in [0.1, 0.15) is 15.2 Å². The number of halogens is 1. The molecule has 0 atom stereocenters. The summed E-state index contributed by atoms with van der Waals surface area (Å²) in [7, 11) is 0. The molecule has 2 nitrogen and oxygen atoms in total. The maximum Gasteiger partial charge on any atom is 0.335 e. The van der Waals surface area contributed by atoms with Crippen molar-refractivity contribution in [2.45, 2.75) is 10.6 Å². The van der Waals surface area contributed by atoms with E-state index in [1.54, 1.807) is 35.2 Å². The smallest absolute Gasteiger partial charge is 0.335 e. The highest BCUT2D eigenvalue weighted by Gasteiger charge is 2.03. The number of hydrogen-bond acceptors (Lipinski definition) is 3. The number of thioether (sulfide) groups is 1. The Morgan fingerprint density at radius 2 is 1.94 bits per heavy atom. The fourth-order valence-corrected chi connectivity index (χ4v) is 3.31. The van der Waals surface area contributed by atoms with E-state index in [0.717, 1.165) is 15.0 Å². The standard InChI is InChI=1S/C12H9ClO2S2/c13-11-6-5-10(17-11)7-16-9-3-1-8(2-4-9)12(14)15/h1-6H,7H2,(H,14,15). The van der Waals surface area contributed by atoms with Crippen LogP contribution < -0.4 is 0 Å². The Morgan fingerprint density at radius 3 is 2.47 bits per heavy atom. The van der Waals surface area contributed by atoms with Gasteiger partial charge < -0.3 is 5.11 Å². The molecule has 1 N–H and O–H groups in total. The van der Waals surface area contributed by atoms with E-state index in [9.17, 15) is 4.79 Å². The van der Waals surface area contributed by atoms with Gasteiger partial charge in [-0.2, -0.15) is 0 Å². The predicted octanol–water partition coefficient (Wildman–Crippen LogP) is 4.39. The molecule has 0 bridgehead atoms. The number of benzene rings is 1. The monoisotopic (exact) mass is 284 g/mol. The lowest BCUT2D eigenvalue weighted by molar-refractivity contribution is 0.0697. The lowest BCUT2D eigenvalue weighted by atomic mass is 10.2. The molecule has 0 saturated carbocycles. The maximum absolute atomic E-state index is 10.7. The minimum absolute atomic E-state index is 0.313. The molecule has 0 spiro atoms. The van der Waals surface area contributed by atoms with Gasteiger partial charge in [-0.15, -0.1) is 23.1 Å².